The third-order valence-electron chi connectivity index (χ3n) is 5.28. The van der Waals surface area contributed by atoms with Gasteiger partial charge in [0.25, 0.3) is 0 Å². The molecule has 0 aromatic carbocycles. The van der Waals surface area contributed by atoms with Gasteiger partial charge in [-0.1, -0.05) is 19.1 Å². The molecule has 0 aromatic rings. The molecule has 2 rings (SSSR count). The average molecular weight is 250 g/mol. The first kappa shape index (κ1) is 14.1. The van der Waals surface area contributed by atoms with Crippen LogP contribution in [0.5, 0.6) is 0 Å². The predicted octanol–water partition coefficient (Wildman–Crippen LogP) is 4.56. The maximum absolute atomic E-state index is 9.20. The molecule has 104 valence electrons. The van der Waals surface area contributed by atoms with E-state index in [4.69, 9.17) is 0 Å². The Morgan fingerprint density at radius 3 is 1.94 bits per heavy atom. The second-order valence-corrected chi connectivity index (χ2v) is 6.47. The van der Waals surface area contributed by atoms with Crippen LogP contribution in [0.1, 0.15) is 64.7 Å². The first-order valence-corrected chi connectivity index (χ1v) is 8.11. The van der Waals surface area contributed by atoms with Crippen LogP contribution in [0.3, 0.4) is 0 Å². The Balaban J connectivity index is 1.71. The van der Waals surface area contributed by atoms with Gasteiger partial charge in [0.1, 0.15) is 0 Å². The highest BCUT2D eigenvalue weighted by Crippen LogP contribution is 2.41. The normalized spacial score (nSPS) is 38.1. The Hall–Kier alpha value is -0.300. The highest BCUT2D eigenvalue weighted by atomic mass is 16.3. The molecule has 0 aromatic heterocycles. The van der Waals surface area contributed by atoms with Crippen molar-refractivity contribution in [2.24, 2.45) is 23.7 Å². The summed E-state index contributed by atoms with van der Waals surface area (Å²) in [6, 6.07) is 0. The number of allylic oxidation sites excluding steroid dienone is 2. The van der Waals surface area contributed by atoms with Crippen LogP contribution >= 0.6 is 0 Å². The van der Waals surface area contributed by atoms with E-state index in [0.717, 1.165) is 17.8 Å². The van der Waals surface area contributed by atoms with E-state index in [-0.39, 0.29) is 0 Å². The van der Waals surface area contributed by atoms with E-state index >= 15 is 0 Å². The average Bonchev–Trinajstić information content (AvgIpc) is 2.46. The maximum atomic E-state index is 9.20. The predicted molar refractivity (Wildman–Crippen MR) is 77.4 cm³/mol. The van der Waals surface area contributed by atoms with Gasteiger partial charge in [-0.15, -0.1) is 0 Å². The van der Waals surface area contributed by atoms with E-state index in [1.807, 2.05) is 0 Å². The molecule has 0 amide bonds. The summed E-state index contributed by atoms with van der Waals surface area (Å²) in [7, 11) is 0. The molecule has 0 aliphatic heterocycles. The quantitative estimate of drug-likeness (QED) is 0.725. The Morgan fingerprint density at radius 2 is 1.44 bits per heavy atom. The highest BCUT2D eigenvalue weighted by Gasteiger charge is 2.29. The molecule has 0 heterocycles. The van der Waals surface area contributed by atoms with Crippen molar-refractivity contribution < 1.29 is 5.11 Å². The van der Waals surface area contributed by atoms with Gasteiger partial charge < -0.3 is 5.11 Å². The molecule has 2 aliphatic rings. The van der Waals surface area contributed by atoms with E-state index < -0.39 is 0 Å². The molecule has 0 spiro atoms. The van der Waals surface area contributed by atoms with Crippen molar-refractivity contribution in [2.45, 2.75) is 64.7 Å². The Labute approximate surface area is 113 Å². The lowest BCUT2D eigenvalue weighted by Gasteiger charge is -2.37. The summed E-state index contributed by atoms with van der Waals surface area (Å²) in [5.74, 6) is 3.46. The lowest BCUT2D eigenvalue weighted by molar-refractivity contribution is 0.122. The van der Waals surface area contributed by atoms with Gasteiger partial charge in [0.05, 0.1) is 0 Å². The van der Waals surface area contributed by atoms with Gasteiger partial charge in [-0.3, -0.25) is 0 Å². The fraction of sp³-hybridized carbons (Fsp3) is 0.882. The summed E-state index contributed by atoms with van der Waals surface area (Å²) >= 11 is 0. The maximum Gasteiger partial charge on any atom is 0.0459 e. The summed E-state index contributed by atoms with van der Waals surface area (Å²) < 4.78 is 0. The van der Waals surface area contributed by atoms with E-state index in [0.29, 0.717) is 12.5 Å². The summed E-state index contributed by atoms with van der Waals surface area (Å²) in [6.07, 6.45) is 17.0. The SMILES string of the molecule is CC/C=C/C1CCC(C2CCC(CO)CC2)CC1. The minimum Gasteiger partial charge on any atom is -0.396 e. The molecule has 18 heavy (non-hydrogen) atoms. The first-order valence-electron chi connectivity index (χ1n) is 8.11. The topological polar surface area (TPSA) is 20.2 Å². The van der Waals surface area contributed by atoms with Crippen LogP contribution in [0, 0.1) is 23.7 Å². The zero-order valence-corrected chi connectivity index (χ0v) is 12.0. The Morgan fingerprint density at radius 1 is 0.889 bits per heavy atom. The van der Waals surface area contributed by atoms with Gasteiger partial charge in [-0.2, -0.15) is 0 Å². The van der Waals surface area contributed by atoms with Crippen LogP contribution in [0.4, 0.5) is 0 Å². The summed E-state index contributed by atoms with van der Waals surface area (Å²) in [4.78, 5) is 0. The van der Waals surface area contributed by atoms with Gasteiger partial charge in [-0.25, -0.2) is 0 Å². The van der Waals surface area contributed by atoms with Crippen molar-refractivity contribution in [2.75, 3.05) is 6.61 Å². The minimum absolute atomic E-state index is 0.418. The fourth-order valence-corrected chi connectivity index (χ4v) is 3.98. The summed E-state index contributed by atoms with van der Waals surface area (Å²) in [6.45, 7) is 2.64. The van der Waals surface area contributed by atoms with Gasteiger partial charge >= 0.3 is 0 Å². The van der Waals surface area contributed by atoms with E-state index in [9.17, 15) is 5.11 Å². The summed E-state index contributed by atoms with van der Waals surface area (Å²) in [5.41, 5.74) is 0. The highest BCUT2D eigenvalue weighted by molar-refractivity contribution is 4.91. The number of rotatable bonds is 4. The largest absolute Gasteiger partial charge is 0.396 e. The third-order valence-corrected chi connectivity index (χ3v) is 5.28. The van der Waals surface area contributed by atoms with Gasteiger partial charge in [-0.05, 0) is 81.5 Å². The second-order valence-electron chi connectivity index (χ2n) is 6.47. The number of aliphatic hydroxyl groups is 1. The van der Waals surface area contributed by atoms with Crippen molar-refractivity contribution in [3.8, 4) is 0 Å². The Kier molecular flexibility index (Phi) is 5.75. The number of hydrogen-bond acceptors (Lipinski definition) is 1. The van der Waals surface area contributed by atoms with Crippen LogP contribution in [-0.4, -0.2) is 11.7 Å². The number of hydrogen-bond donors (Lipinski definition) is 1. The molecule has 0 radical (unpaired) electrons. The van der Waals surface area contributed by atoms with Crippen LogP contribution in [0.25, 0.3) is 0 Å². The van der Waals surface area contributed by atoms with Gasteiger partial charge in [0.2, 0.25) is 0 Å². The first-order chi connectivity index (χ1) is 8.83. The van der Waals surface area contributed by atoms with Crippen molar-refractivity contribution in [1.29, 1.82) is 0 Å². The monoisotopic (exact) mass is 250 g/mol. The van der Waals surface area contributed by atoms with Gasteiger partial charge in [0.15, 0.2) is 0 Å². The van der Waals surface area contributed by atoms with Crippen molar-refractivity contribution in [3.05, 3.63) is 12.2 Å². The molecule has 2 saturated carbocycles. The fourth-order valence-electron chi connectivity index (χ4n) is 3.98. The van der Waals surface area contributed by atoms with Crippen molar-refractivity contribution in [1.82, 2.24) is 0 Å². The smallest absolute Gasteiger partial charge is 0.0459 e. The lowest BCUT2D eigenvalue weighted by atomic mass is 9.69. The molecule has 2 fully saturated rings. The molecule has 0 unspecified atom stereocenters. The molecule has 1 N–H and O–H groups in total. The van der Waals surface area contributed by atoms with E-state index in [2.05, 4.69) is 19.1 Å². The molecule has 1 heteroatoms. The molecule has 1 nitrogen and oxygen atoms in total. The molecule has 0 bridgehead atoms. The third kappa shape index (κ3) is 3.85. The minimum atomic E-state index is 0.418. The van der Waals surface area contributed by atoms with Crippen LogP contribution < -0.4 is 0 Å². The molecule has 2 aliphatic carbocycles. The molecular formula is C17H30O. The van der Waals surface area contributed by atoms with Crippen molar-refractivity contribution >= 4 is 0 Å². The van der Waals surface area contributed by atoms with Gasteiger partial charge in [0, 0.05) is 6.61 Å². The van der Waals surface area contributed by atoms with Crippen LogP contribution in [0.15, 0.2) is 12.2 Å². The van der Waals surface area contributed by atoms with E-state index in [1.54, 1.807) is 0 Å². The Bertz CT molecular complexity index is 242. The van der Waals surface area contributed by atoms with E-state index in [1.165, 1.54) is 57.8 Å². The lowest BCUT2D eigenvalue weighted by Crippen LogP contribution is -2.26. The number of aliphatic hydroxyl groups excluding tert-OH is 1. The van der Waals surface area contributed by atoms with Crippen LogP contribution in [0.2, 0.25) is 0 Å². The molecule has 0 atom stereocenters. The molecule has 0 saturated heterocycles. The zero-order valence-electron chi connectivity index (χ0n) is 12.0. The second kappa shape index (κ2) is 7.33. The summed E-state index contributed by atoms with van der Waals surface area (Å²) in [5, 5.41) is 9.20. The zero-order chi connectivity index (χ0) is 12.8. The molecular weight excluding hydrogens is 220 g/mol. The van der Waals surface area contributed by atoms with Crippen molar-refractivity contribution in [3.63, 3.8) is 0 Å². The van der Waals surface area contributed by atoms with Crippen LogP contribution in [-0.2, 0) is 0 Å². The standard InChI is InChI=1S/C17H30O/c1-2-3-4-14-5-9-16(10-6-14)17-11-7-15(13-18)8-12-17/h3-4,14-18H,2,5-13H2,1H3/b4-3+.